The Morgan fingerprint density at radius 2 is 1.68 bits per heavy atom. The van der Waals surface area contributed by atoms with Crippen molar-refractivity contribution in [2.75, 3.05) is 22.4 Å². The second-order valence-corrected chi connectivity index (χ2v) is 10.4. The predicted octanol–water partition coefficient (Wildman–Crippen LogP) is 5.35. The molecule has 31 heavy (non-hydrogen) atoms. The molecule has 0 atom stereocenters. The van der Waals surface area contributed by atoms with Crippen LogP contribution in [-0.2, 0) is 20.6 Å². The van der Waals surface area contributed by atoms with Crippen LogP contribution in [0.1, 0.15) is 11.1 Å². The smallest absolute Gasteiger partial charge is 0.245 e. The van der Waals surface area contributed by atoms with E-state index in [0.717, 1.165) is 21.9 Å². The van der Waals surface area contributed by atoms with E-state index in [1.807, 2.05) is 42.5 Å². The van der Waals surface area contributed by atoms with E-state index in [2.05, 4.69) is 17.4 Å². The maximum absolute atomic E-state index is 12.6. The normalized spacial score (nSPS) is 11.2. The highest BCUT2D eigenvalue weighted by Gasteiger charge is 2.23. The number of carbonyl (C=O) groups excluding carboxylic acids is 1. The summed E-state index contributed by atoms with van der Waals surface area (Å²) in [6.45, 7) is 1.38. The van der Waals surface area contributed by atoms with E-state index in [4.69, 9.17) is 11.6 Å². The van der Waals surface area contributed by atoms with Crippen LogP contribution in [0, 0.1) is 6.92 Å². The topological polar surface area (TPSA) is 66.5 Å². The highest BCUT2D eigenvalue weighted by atomic mass is 35.5. The van der Waals surface area contributed by atoms with Gasteiger partial charge < -0.3 is 5.32 Å². The third-order valence-corrected chi connectivity index (χ3v) is 7.20. The molecule has 3 aromatic rings. The van der Waals surface area contributed by atoms with Crippen LogP contribution in [-0.4, -0.2) is 27.1 Å². The Bertz CT molecular complexity index is 1150. The number of amides is 1. The van der Waals surface area contributed by atoms with E-state index in [0.29, 0.717) is 22.0 Å². The average Bonchev–Trinajstić information content (AvgIpc) is 2.74. The van der Waals surface area contributed by atoms with Gasteiger partial charge >= 0.3 is 0 Å². The number of rotatable bonds is 8. The molecule has 3 rings (SSSR count). The highest BCUT2D eigenvalue weighted by Crippen LogP contribution is 2.28. The zero-order valence-corrected chi connectivity index (χ0v) is 19.6. The summed E-state index contributed by atoms with van der Waals surface area (Å²) in [5.74, 6) is 0.380. The number of nitrogens with one attached hydrogen (secondary N) is 1. The monoisotopic (exact) mass is 474 g/mol. The third-order valence-electron chi connectivity index (χ3n) is 4.58. The molecule has 1 N–H and O–H groups in total. The van der Waals surface area contributed by atoms with Gasteiger partial charge in [0.25, 0.3) is 0 Å². The molecule has 0 radical (unpaired) electrons. The van der Waals surface area contributed by atoms with Crippen molar-refractivity contribution >= 4 is 50.7 Å². The van der Waals surface area contributed by atoms with Crippen molar-refractivity contribution in [3.8, 4) is 0 Å². The fourth-order valence-corrected chi connectivity index (χ4v) is 4.90. The molecule has 3 aromatic carbocycles. The van der Waals surface area contributed by atoms with Crippen LogP contribution in [0.25, 0.3) is 0 Å². The summed E-state index contributed by atoms with van der Waals surface area (Å²) >= 11 is 7.86. The van der Waals surface area contributed by atoms with E-state index in [9.17, 15) is 13.2 Å². The number of thioether (sulfide) groups is 1. The van der Waals surface area contributed by atoms with Crippen molar-refractivity contribution in [2.45, 2.75) is 17.6 Å². The van der Waals surface area contributed by atoms with Crippen molar-refractivity contribution < 1.29 is 13.2 Å². The van der Waals surface area contributed by atoms with Crippen LogP contribution in [0.3, 0.4) is 0 Å². The fourth-order valence-electron chi connectivity index (χ4n) is 2.95. The fraction of sp³-hybridized carbons (Fsp3) is 0.174. The first-order valence-electron chi connectivity index (χ1n) is 9.53. The molecule has 0 aliphatic rings. The van der Waals surface area contributed by atoms with Crippen LogP contribution in [0.2, 0.25) is 5.02 Å². The summed E-state index contributed by atoms with van der Waals surface area (Å²) in [4.78, 5) is 13.8. The third kappa shape index (κ3) is 6.50. The van der Waals surface area contributed by atoms with Crippen LogP contribution in [0.15, 0.2) is 77.7 Å². The number of benzene rings is 3. The molecule has 1 amide bonds. The lowest BCUT2D eigenvalue weighted by Gasteiger charge is -2.24. The minimum atomic E-state index is -3.67. The summed E-state index contributed by atoms with van der Waals surface area (Å²) in [7, 11) is -3.67. The van der Waals surface area contributed by atoms with Gasteiger partial charge in [0.1, 0.15) is 6.54 Å². The first-order chi connectivity index (χ1) is 14.7. The Kier molecular flexibility index (Phi) is 7.64. The Labute approximate surface area is 192 Å². The second-order valence-electron chi connectivity index (χ2n) is 7.00. The lowest BCUT2D eigenvalue weighted by atomic mass is 10.2. The van der Waals surface area contributed by atoms with Crippen molar-refractivity contribution in [3.63, 3.8) is 0 Å². The van der Waals surface area contributed by atoms with Gasteiger partial charge in [0.2, 0.25) is 15.9 Å². The summed E-state index contributed by atoms with van der Waals surface area (Å²) in [5.41, 5.74) is 2.72. The summed E-state index contributed by atoms with van der Waals surface area (Å²) in [6.07, 6.45) is 1.07. The number of nitrogens with zero attached hydrogens (tertiary/aromatic N) is 1. The molecule has 0 aromatic heterocycles. The molecule has 0 saturated carbocycles. The zero-order chi connectivity index (χ0) is 22.4. The lowest BCUT2D eigenvalue weighted by molar-refractivity contribution is -0.114. The molecule has 162 valence electrons. The second kappa shape index (κ2) is 10.2. The molecule has 0 heterocycles. The predicted molar refractivity (Wildman–Crippen MR) is 129 cm³/mol. The van der Waals surface area contributed by atoms with E-state index in [1.165, 1.54) is 4.90 Å². The van der Waals surface area contributed by atoms with Gasteiger partial charge in [-0.2, -0.15) is 0 Å². The number of sulfonamides is 1. The van der Waals surface area contributed by atoms with Crippen LogP contribution >= 0.6 is 23.4 Å². The number of anilines is 2. The molecule has 0 bridgehead atoms. The maximum Gasteiger partial charge on any atom is 0.245 e. The van der Waals surface area contributed by atoms with E-state index in [1.54, 1.807) is 36.9 Å². The molecule has 0 aliphatic carbocycles. The van der Waals surface area contributed by atoms with Gasteiger partial charge in [0.15, 0.2) is 0 Å². The van der Waals surface area contributed by atoms with Crippen molar-refractivity contribution in [1.82, 2.24) is 0 Å². The molecular formula is C23H23ClN2O3S2. The Hall–Kier alpha value is -2.48. The maximum atomic E-state index is 12.6. The molecule has 0 fully saturated rings. The number of carbonyl (C=O) groups is 1. The van der Waals surface area contributed by atoms with Gasteiger partial charge in [-0.05, 0) is 54.4 Å². The number of halogens is 1. The van der Waals surface area contributed by atoms with Crippen LogP contribution in [0.4, 0.5) is 11.4 Å². The molecule has 0 spiro atoms. The standard InChI is InChI=1S/C23H23ClN2O3S2/c1-17-21(24)9-6-10-22(17)26(31(2,28)29)15-23(27)25-19-13-11-18(12-14-19)16-30-20-7-4-3-5-8-20/h3-14H,15-16H2,1-2H3,(H,25,27). The van der Waals surface area contributed by atoms with Gasteiger partial charge in [-0.3, -0.25) is 9.10 Å². The zero-order valence-electron chi connectivity index (χ0n) is 17.2. The minimum absolute atomic E-state index is 0.342. The van der Waals surface area contributed by atoms with Crippen molar-refractivity contribution in [1.29, 1.82) is 0 Å². The van der Waals surface area contributed by atoms with Gasteiger partial charge in [-0.15, -0.1) is 11.8 Å². The number of hydrogen-bond donors (Lipinski definition) is 1. The Balaban J connectivity index is 1.65. The Morgan fingerprint density at radius 3 is 2.32 bits per heavy atom. The van der Waals surface area contributed by atoms with E-state index >= 15 is 0 Å². The van der Waals surface area contributed by atoms with E-state index in [-0.39, 0.29) is 6.54 Å². The summed E-state index contributed by atoms with van der Waals surface area (Å²) in [5, 5.41) is 3.20. The minimum Gasteiger partial charge on any atom is -0.325 e. The highest BCUT2D eigenvalue weighted by molar-refractivity contribution is 7.98. The lowest BCUT2D eigenvalue weighted by Crippen LogP contribution is -2.37. The van der Waals surface area contributed by atoms with Crippen LogP contribution in [0.5, 0.6) is 0 Å². The first-order valence-corrected chi connectivity index (χ1v) is 12.7. The van der Waals surface area contributed by atoms with Gasteiger partial charge in [0.05, 0.1) is 11.9 Å². The molecule has 0 unspecified atom stereocenters. The average molecular weight is 475 g/mol. The summed E-state index contributed by atoms with van der Waals surface area (Å²) in [6, 6.07) is 22.6. The quantitative estimate of drug-likeness (QED) is 0.447. The summed E-state index contributed by atoms with van der Waals surface area (Å²) < 4.78 is 25.7. The van der Waals surface area contributed by atoms with Crippen LogP contribution < -0.4 is 9.62 Å². The first kappa shape index (κ1) is 23.2. The SMILES string of the molecule is Cc1c(Cl)cccc1N(CC(=O)Nc1ccc(CSc2ccccc2)cc1)S(C)(=O)=O. The van der Waals surface area contributed by atoms with Gasteiger partial charge in [-0.1, -0.05) is 48.0 Å². The van der Waals surface area contributed by atoms with Gasteiger partial charge in [0, 0.05) is 21.4 Å². The largest absolute Gasteiger partial charge is 0.325 e. The Morgan fingerprint density at radius 1 is 1.00 bits per heavy atom. The van der Waals surface area contributed by atoms with Gasteiger partial charge in [-0.25, -0.2) is 8.42 Å². The molecule has 8 heteroatoms. The molecule has 0 saturated heterocycles. The van der Waals surface area contributed by atoms with Crippen molar-refractivity contribution in [2.24, 2.45) is 0 Å². The molecular weight excluding hydrogens is 452 g/mol. The molecule has 5 nitrogen and oxygen atoms in total. The van der Waals surface area contributed by atoms with E-state index < -0.39 is 15.9 Å². The van der Waals surface area contributed by atoms with Crippen molar-refractivity contribution in [3.05, 3.63) is 88.9 Å². The number of hydrogen-bond acceptors (Lipinski definition) is 4. The molecule has 0 aliphatic heterocycles.